The molecule has 2 heterocycles. The molecule has 1 aromatic carbocycles. The molecule has 1 atom stereocenters. The van der Waals surface area contributed by atoms with Gasteiger partial charge in [-0.15, -0.1) is 11.3 Å². The highest BCUT2D eigenvalue weighted by Crippen LogP contribution is 2.33. The van der Waals surface area contributed by atoms with E-state index >= 15 is 0 Å². The Morgan fingerprint density at radius 3 is 3.00 bits per heavy atom. The van der Waals surface area contributed by atoms with Gasteiger partial charge in [-0.2, -0.15) is 0 Å². The zero-order chi connectivity index (χ0) is 14.1. The van der Waals surface area contributed by atoms with Crippen molar-refractivity contribution < 1.29 is 9.90 Å². The first kappa shape index (κ1) is 13.1. The number of nitrogens with zero attached hydrogens (tertiary/aromatic N) is 2. The van der Waals surface area contributed by atoms with Crippen LogP contribution in [0, 0.1) is 0 Å². The van der Waals surface area contributed by atoms with Crippen LogP contribution in [0.15, 0.2) is 29.6 Å². The Balaban J connectivity index is 1.95. The summed E-state index contributed by atoms with van der Waals surface area (Å²) in [6.07, 6.45) is 0.906. The van der Waals surface area contributed by atoms with Gasteiger partial charge in [0.15, 0.2) is 5.13 Å². The molecule has 0 saturated carbocycles. The number of anilines is 1. The minimum absolute atomic E-state index is 0.478. The third-order valence-corrected chi connectivity index (χ3v) is 4.62. The number of carboxylic acids is 1. The molecule has 0 bridgehead atoms. The second-order valence-corrected chi connectivity index (χ2v) is 5.78. The van der Waals surface area contributed by atoms with Crippen molar-refractivity contribution in [1.29, 1.82) is 0 Å². The minimum Gasteiger partial charge on any atom is -0.481 e. The standard InChI is InChI=1S/C15H16N2O2S/c1-2-11-9-20-15(16-11)17-7-10-5-3-4-6-12(10)13(8-17)14(18)19/h3-6,9,13H,2,7-8H2,1H3,(H,18,19). The van der Waals surface area contributed by atoms with E-state index in [1.807, 2.05) is 29.6 Å². The van der Waals surface area contributed by atoms with Crippen molar-refractivity contribution in [2.24, 2.45) is 0 Å². The number of benzene rings is 1. The number of carbonyl (C=O) groups is 1. The molecule has 1 N–H and O–H groups in total. The Kier molecular flexibility index (Phi) is 3.44. The van der Waals surface area contributed by atoms with E-state index in [4.69, 9.17) is 0 Å². The number of fused-ring (bicyclic) bond motifs is 1. The SMILES string of the molecule is CCc1csc(N2Cc3ccccc3C(C(=O)O)C2)n1. The Bertz CT molecular complexity index is 638. The Hall–Kier alpha value is -1.88. The highest BCUT2D eigenvalue weighted by molar-refractivity contribution is 7.13. The van der Waals surface area contributed by atoms with Crippen molar-refractivity contribution >= 4 is 22.4 Å². The van der Waals surface area contributed by atoms with Gasteiger partial charge < -0.3 is 10.0 Å². The molecule has 1 aliphatic rings. The van der Waals surface area contributed by atoms with Gasteiger partial charge in [0, 0.05) is 18.5 Å². The van der Waals surface area contributed by atoms with Gasteiger partial charge >= 0.3 is 5.97 Å². The molecule has 2 aromatic rings. The number of thiazole rings is 1. The first-order chi connectivity index (χ1) is 9.69. The number of hydrogen-bond donors (Lipinski definition) is 1. The third kappa shape index (κ3) is 2.29. The normalized spacial score (nSPS) is 17.9. The summed E-state index contributed by atoms with van der Waals surface area (Å²) in [7, 11) is 0. The fraction of sp³-hybridized carbons (Fsp3) is 0.333. The molecule has 20 heavy (non-hydrogen) atoms. The minimum atomic E-state index is -0.769. The molecular weight excluding hydrogens is 272 g/mol. The lowest BCUT2D eigenvalue weighted by Crippen LogP contribution is -2.36. The second-order valence-electron chi connectivity index (χ2n) is 4.95. The summed E-state index contributed by atoms with van der Waals surface area (Å²) in [5.41, 5.74) is 3.08. The molecule has 104 valence electrons. The van der Waals surface area contributed by atoms with E-state index in [9.17, 15) is 9.90 Å². The topological polar surface area (TPSA) is 53.4 Å². The van der Waals surface area contributed by atoms with Crippen molar-refractivity contribution in [3.63, 3.8) is 0 Å². The maximum Gasteiger partial charge on any atom is 0.312 e. The molecule has 0 saturated heterocycles. The summed E-state index contributed by atoms with van der Waals surface area (Å²) in [5.74, 6) is -1.25. The van der Waals surface area contributed by atoms with Crippen LogP contribution in [0.3, 0.4) is 0 Å². The van der Waals surface area contributed by atoms with Gasteiger partial charge in [-0.3, -0.25) is 4.79 Å². The van der Waals surface area contributed by atoms with Gasteiger partial charge in [-0.1, -0.05) is 31.2 Å². The fourth-order valence-corrected chi connectivity index (χ4v) is 3.49. The Morgan fingerprint density at radius 2 is 2.30 bits per heavy atom. The Labute approximate surface area is 121 Å². The lowest BCUT2D eigenvalue weighted by molar-refractivity contribution is -0.138. The van der Waals surface area contributed by atoms with Crippen LogP contribution >= 0.6 is 11.3 Å². The largest absolute Gasteiger partial charge is 0.481 e. The molecule has 0 aliphatic carbocycles. The maximum absolute atomic E-state index is 11.5. The third-order valence-electron chi connectivity index (χ3n) is 3.67. The predicted octanol–water partition coefficient (Wildman–Crippen LogP) is 2.89. The average Bonchev–Trinajstić information content (AvgIpc) is 2.95. The lowest BCUT2D eigenvalue weighted by atomic mass is 9.90. The summed E-state index contributed by atoms with van der Waals surface area (Å²) in [4.78, 5) is 18.2. The quantitative estimate of drug-likeness (QED) is 0.943. The molecule has 1 unspecified atom stereocenters. The van der Waals surface area contributed by atoms with Gasteiger partial charge in [0.05, 0.1) is 11.6 Å². The number of aliphatic carboxylic acids is 1. The summed E-state index contributed by atoms with van der Waals surface area (Å²) in [6, 6.07) is 7.79. The van der Waals surface area contributed by atoms with Gasteiger partial charge in [0.2, 0.25) is 0 Å². The van der Waals surface area contributed by atoms with Crippen LogP contribution in [0.25, 0.3) is 0 Å². The number of rotatable bonds is 3. The molecule has 1 aliphatic heterocycles. The average molecular weight is 288 g/mol. The van der Waals surface area contributed by atoms with Gasteiger partial charge in [-0.25, -0.2) is 4.98 Å². The number of carboxylic acid groups (broad SMARTS) is 1. The van der Waals surface area contributed by atoms with E-state index in [-0.39, 0.29) is 0 Å². The Morgan fingerprint density at radius 1 is 1.50 bits per heavy atom. The molecule has 0 spiro atoms. The van der Waals surface area contributed by atoms with E-state index in [1.54, 1.807) is 11.3 Å². The summed E-state index contributed by atoms with van der Waals surface area (Å²) in [6.45, 7) is 3.30. The number of hydrogen-bond acceptors (Lipinski definition) is 4. The van der Waals surface area contributed by atoms with Crippen LogP contribution in [0.5, 0.6) is 0 Å². The zero-order valence-electron chi connectivity index (χ0n) is 11.2. The first-order valence-corrected chi connectivity index (χ1v) is 7.57. The highest BCUT2D eigenvalue weighted by atomic mass is 32.1. The summed E-state index contributed by atoms with van der Waals surface area (Å²) < 4.78 is 0. The van der Waals surface area contributed by atoms with Gasteiger partial charge in [0.25, 0.3) is 0 Å². The highest BCUT2D eigenvalue weighted by Gasteiger charge is 2.31. The smallest absolute Gasteiger partial charge is 0.312 e. The van der Waals surface area contributed by atoms with Crippen LogP contribution in [0.4, 0.5) is 5.13 Å². The van der Waals surface area contributed by atoms with Gasteiger partial charge in [-0.05, 0) is 17.5 Å². The molecule has 0 fully saturated rings. The van der Waals surface area contributed by atoms with E-state index in [0.717, 1.165) is 34.9 Å². The molecule has 5 heteroatoms. The van der Waals surface area contributed by atoms with E-state index < -0.39 is 11.9 Å². The number of aryl methyl sites for hydroxylation is 1. The van der Waals surface area contributed by atoms with Crippen molar-refractivity contribution in [2.45, 2.75) is 25.8 Å². The second kappa shape index (κ2) is 5.25. The zero-order valence-corrected chi connectivity index (χ0v) is 12.1. The van der Waals surface area contributed by atoms with E-state index in [1.165, 1.54) is 0 Å². The van der Waals surface area contributed by atoms with E-state index in [0.29, 0.717) is 6.54 Å². The van der Waals surface area contributed by atoms with Gasteiger partial charge in [0.1, 0.15) is 0 Å². The molecule has 0 radical (unpaired) electrons. The van der Waals surface area contributed by atoms with Crippen LogP contribution in [0.2, 0.25) is 0 Å². The van der Waals surface area contributed by atoms with Crippen molar-refractivity contribution in [3.05, 3.63) is 46.5 Å². The molecule has 4 nitrogen and oxygen atoms in total. The predicted molar refractivity (Wildman–Crippen MR) is 79.4 cm³/mol. The first-order valence-electron chi connectivity index (χ1n) is 6.69. The maximum atomic E-state index is 11.5. The number of aromatic nitrogens is 1. The van der Waals surface area contributed by atoms with E-state index in [2.05, 4.69) is 16.8 Å². The molecule has 1 aromatic heterocycles. The van der Waals surface area contributed by atoms with Crippen molar-refractivity contribution in [1.82, 2.24) is 4.98 Å². The monoisotopic (exact) mass is 288 g/mol. The van der Waals surface area contributed by atoms with Crippen LogP contribution in [0.1, 0.15) is 29.7 Å². The van der Waals surface area contributed by atoms with Crippen LogP contribution in [-0.4, -0.2) is 22.6 Å². The summed E-state index contributed by atoms with van der Waals surface area (Å²) in [5, 5.41) is 12.4. The summed E-state index contributed by atoms with van der Waals surface area (Å²) >= 11 is 1.59. The fourth-order valence-electron chi connectivity index (χ4n) is 2.57. The van der Waals surface area contributed by atoms with Crippen molar-refractivity contribution in [3.8, 4) is 0 Å². The van der Waals surface area contributed by atoms with Crippen LogP contribution < -0.4 is 4.90 Å². The molecule has 3 rings (SSSR count). The molecule has 0 amide bonds. The van der Waals surface area contributed by atoms with Crippen molar-refractivity contribution in [2.75, 3.05) is 11.4 Å². The molecular formula is C15H16N2O2S. The van der Waals surface area contributed by atoms with Crippen LogP contribution in [-0.2, 0) is 17.8 Å². The lowest BCUT2D eigenvalue weighted by Gasteiger charge is -2.32.